The Labute approximate surface area is 124 Å². The van der Waals surface area contributed by atoms with Crippen molar-refractivity contribution < 1.29 is 10.0 Å². The molecule has 2 heterocycles. The van der Waals surface area contributed by atoms with E-state index in [9.17, 15) is 4.79 Å². The number of hydrogen-bond donors (Lipinski definition) is 2. The van der Waals surface area contributed by atoms with Crippen LogP contribution >= 0.6 is 0 Å². The van der Waals surface area contributed by atoms with Crippen molar-refractivity contribution >= 4 is 11.9 Å². The van der Waals surface area contributed by atoms with E-state index >= 15 is 0 Å². The van der Waals surface area contributed by atoms with Crippen LogP contribution in [0, 0.1) is 0 Å². The van der Waals surface area contributed by atoms with Crippen molar-refractivity contribution in [2.24, 2.45) is 10.9 Å². The molecule has 1 saturated heterocycles. The molecule has 7 nitrogen and oxygen atoms in total. The summed E-state index contributed by atoms with van der Waals surface area (Å²) in [4.78, 5) is 20.2. The van der Waals surface area contributed by atoms with Crippen LogP contribution in [0.25, 0.3) is 0 Å². The predicted octanol–water partition coefficient (Wildman–Crippen LogP) is 1.24. The van der Waals surface area contributed by atoms with E-state index in [2.05, 4.69) is 10.1 Å². The fourth-order valence-corrected chi connectivity index (χ4v) is 2.36. The number of nitrogens with zero attached hydrogens (tertiary/aromatic N) is 4. The summed E-state index contributed by atoms with van der Waals surface area (Å²) < 4.78 is 0. The van der Waals surface area contributed by atoms with Crippen molar-refractivity contribution in [3.05, 3.63) is 30.1 Å². The Morgan fingerprint density at radius 2 is 2.24 bits per heavy atom. The van der Waals surface area contributed by atoms with Gasteiger partial charge in [-0.15, -0.1) is 0 Å². The summed E-state index contributed by atoms with van der Waals surface area (Å²) >= 11 is 0. The maximum Gasteiger partial charge on any atom is 0.320 e. The number of rotatable bonds is 5. The largest absolute Gasteiger partial charge is 0.409 e. The normalized spacial score (nSPS) is 15.2. The number of amidine groups is 1. The first-order chi connectivity index (χ1) is 10.2. The van der Waals surface area contributed by atoms with Gasteiger partial charge in [-0.05, 0) is 24.5 Å². The summed E-state index contributed by atoms with van der Waals surface area (Å²) in [7, 11) is 0. The van der Waals surface area contributed by atoms with Crippen LogP contribution in [-0.2, 0) is 6.54 Å². The Bertz CT molecular complexity index is 485. The van der Waals surface area contributed by atoms with Crippen molar-refractivity contribution in [1.29, 1.82) is 0 Å². The van der Waals surface area contributed by atoms with E-state index in [1.807, 2.05) is 17.0 Å². The lowest BCUT2D eigenvalue weighted by Gasteiger charge is -2.27. The molecule has 0 bridgehead atoms. The molecule has 0 aliphatic carbocycles. The summed E-state index contributed by atoms with van der Waals surface area (Å²) in [5, 5.41) is 11.6. The van der Waals surface area contributed by atoms with Crippen LogP contribution < -0.4 is 5.73 Å². The molecular formula is C14H21N5O2. The van der Waals surface area contributed by atoms with Crippen LogP contribution in [0.4, 0.5) is 4.79 Å². The number of nitrogens with two attached hydrogens (primary N) is 1. The molecule has 1 aliphatic rings. The summed E-state index contributed by atoms with van der Waals surface area (Å²) in [6.07, 6.45) is 5.88. The van der Waals surface area contributed by atoms with Crippen LogP contribution in [0.2, 0.25) is 0 Å². The van der Waals surface area contributed by atoms with Gasteiger partial charge < -0.3 is 20.7 Å². The number of amides is 2. The highest BCUT2D eigenvalue weighted by molar-refractivity contribution is 5.81. The Hall–Kier alpha value is -2.31. The number of aromatic nitrogens is 1. The van der Waals surface area contributed by atoms with E-state index in [1.165, 1.54) is 0 Å². The zero-order valence-electron chi connectivity index (χ0n) is 12.0. The van der Waals surface area contributed by atoms with Crippen molar-refractivity contribution in [2.45, 2.75) is 25.8 Å². The number of oxime groups is 1. The molecule has 1 aliphatic heterocycles. The fraction of sp³-hybridized carbons (Fsp3) is 0.500. The molecule has 3 N–H and O–H groups in total. The predicted molar refractivity (Wildman–Crippen MR) is 78.9 cm³/mol. The quantitative estimate of drug-likeness (QED) is 0.369. The topological polar surface area (TPSA) is 95.0 Å². The van der Waals surface area contributed by atoms with E-state index < -0.39 is 0 Å². The molecule has 0 atom stereocenters. The molecule has 0 spiro atoms. The van der Waals surface area contributed by atoms with Crippen molar-refractivity contribution in [1.82, 2.24) is 14.8 Å². The molecular weight excluding hydrogens is 270 g/mol. The molecule has 2 amide bonds. The van der Waals surface area contributed by atoms with Gasteiger partial charge in [0.1, 0.15) is 5.84 Å². The Morgan fingerprint density at radius 1 is 1.48 bits per heavy atom. The first-order valence-corrected chi connectivity index (χ1v) is 7.10. The first-order valence-electron chi connectivity index (χ1n) is 7.10. The molecule has 7 heteroatoms. The number of carbonyl (C=O) groups is 1. The smallest absolute Gasteiger partial charge is 0.320 e. The minimum Gasteiger partial charge on any atom is -0.409 e. The summed E-state index contributed by atoms with van der Waals surface area (Å²) in [5.74, 6) is 0.125. The lowest BCUT2D eigenvalue weighted by Crippen LogP contribution is -2.42. The summed E-state index contributed by atoms with van der Waals surface area (Å²) in [6, 6.07) is 3.78. The standard InChI is InChI=1S/C14H21N5O2/c15-13(17-21)5-9-19(11-12-4-3-6-16-10-12)14(20)18-7-1-2-8-18/h3-4,6,10,21H,1-2,5,7-9,11H2,(H2,15,17). The third-order valence-electron chi connectivity index (χ3n) is 3.51. The van der Waals surface area contributed by atoms with Gasteiger partial charge in [-0.3, -0.25) is 4.98 Å². The zero-order chi connectivity index (χ0) is 15.1. The summed E-state index contributed by atoms with van der Waals surface area (Å²) in [6.45, 7) is 2.49. The summed E-state index contributed by atoms with van der Waals surface area (Å²) in [5.41, 5.74) is 6.47. The van der Waals surface area contributed by atoms with Gasteiger partial charge in [-0.1, -0.05) is 11.2 Å². The average Bonchev–Trinajstić information content (AvgIpc) is 3.05. The number of urea groups is 1. The second-order valence-electron chi connectivity index (χ2n) is 5.10. The van der Waals surface area contributed by atoms with Crippen LogP contribution in [-0.4, -0.2) is 51.5 Å². The molecule has 2 rings (SSSR count). The van der Waals surface area contributed by atoms with E-state index in [1.54, 1.807) is 17.3 Å². The van der Waals surface area contributed by atoms with Gasteiger partial charge in [0.2, 0.25) is 0 Å². The molecule has 1 fully saturated rings. The van der Waals surface area contributed by atoms with Crippen molar-refractivity contribution in [3.63, 3.8) is 0 Å². The zero-order valence-corrected chi connectivity index (χ0v) is 12.0. The number of carbonyl (C=O) groups excluding carboxylic acids is 1. The molecule has 0 unspecified atom stereocenters. The molecule has 0 aromatic carbocycles. The lowest BCUT2D eigenvalue weighted by atomic mass is 10.2. The average molecular weight is 291 g/mol. The molecule has 0 saturated carbocycles. The highest BCUT2D eigenvalue weighted by Crippen LogP contribution is 2.13. The maximum absolute atomic E-state index is 12.5. The maximum atomic E-state index is 12.5. The molecule has 21 heavy (non-hydrogen) atoms. The van der Waals surface area contributed by atoms with Crippen LogP contribution in [0.3, 0.4) is 0 Å². The number of likely N-dealkylation sites (tertiary alicyclic amines) is 1. The van der Waals surface area contributed by atoms with E-state index in [4.69, 9.17) is 10.9 Å². The highest BCUT2D eigenvalue weighted by atomic mass is 16.4. The van der Waals surface area contributed by atoms with Gasteiger partial charge in [-0.2, -0.15) is 0 Å². The van der Waals surface area contributed by atoms with Crippen LogP contribution in [0.15, 0.2) is 29.7 Å². The van der Waals surface area contributed by atoms with Gasteiger partial charge in [0, 0.05) is 45.0 Å². The minimum atomic E-state index is 0.00194. The number of pyridine rings is 1. The SMILES string of the molecule is NC(CCN(Cc1cccnc1)C(=O)N1CCCC1)=NO. The van der Waals surface area contributed by atoms with Crippen molar-refractivity contribution in [2.75, 3.05) is 19.6 Å². The van der Waals surface area contributed by atoms with Gasteiger partial charge >= 0.3 is 6.03 Å². The second kappa shape index (κ2) is 7.47. The number of hydrogen-bond acceptors (Lipinski definition) is 4. The minimum absolute atomic E-state index is 0.00194. The van der Waals surface area contributed by atoms with Crippen LogP contribution in [0.5, 0.6) is 0 Å². The monoisotopic (exact) mass is 291 g/mol. The van der Waals surface area contributed by atoms with Gasteiger partial charge in [0.05, 0.1) is 0 Å². The third kappa shape index (κ3) is 4.34. The van der Waals surface area contributed by atoms with Gasteiger partial charge in [0.25, 0.3) is 0 Å². The Kier molecular flexibility index (Phi) is 5.36. The van der Waals surface area contributed by atoms with E-state index in [0.29, 0.717) is 19.5 Å². The van der Waals surface area contributed by atoms with E-state index in [-0.39, 0.29) is 11.9 Å². The van der Waals surface area contributed by atoms with Crippen molar-refractivity contribution in [3.8, 4) is 0 Å². The van der Waals surface area contributed by atoms with Gasteiger partial charge in [-0.25, -0.2) is 4.79 Å². The Balaban J connectivity index is 2.03. The Morgan fingerprint density at radius 3 is 2.86 bits per heavy atom. The fourth-order valence-electron chi connectivity index (χ4n) is 2.36. The van der Waals surface area contributed by atoms with E-state index in [0.717, 1.165) is 31.5 Å². The molecule has 1 aromatic heterocycles. The lowest BCUT2D eigenvalue weighted by molar-refractivity contribution is 0.161. The highest BCUT2D eigenvalue weighted by Gasteiger charge is 2.23. The second-order valence-corrected chi connectivity index (χ2v) is 5.10. The van der Waals surface area contributed by atoms with Crippen LogP contribution in [0.1, 0.15) is 24.8 Å². The molecule has 114 valence electrons. The van der Waals surface area contributed by atoms with Gasteiger partial charge in [0.15, 0.2) is 0 Å². The molecule has 0 radical (unpaired) electrons. The molecule has 1 aromatic rings. The third-order valence-corrected chi connectivity index (χ3v) is 3.51. The first kappa shape index (κ1) is 15.1.